The smallest absolute Gasteiger partial charge is 0.323 e. The predicted octanol–water partition coefficient (Wildman–Crippen LogP) is 4.08. The normalized spacial score (nSPS) is 17.2. The summed E-state index contributed by atoms with van der Waals surface area (Å²) in [7, 11) is 0. The highest BCUT2D eigenvalue weighted by Crippen LogP contribution is 2.45. The summed E-state index contributed by atoms with van der Waals surface area (Å²) in [6, 6.07) is 5.58. The fourth-order valence-corrected chi connectivity index (χ4v) is 3.40. The van der Waals surface area contributed by atoms with E-state index in [2.05, 4.69) is 28.2 Å². The Labute approximate surface area is 136 Å². The van der Waals surface area contributed by atoms with E-state index in [4.69, 9.17) is 4.74 Å². The van der Waals surface area contributed by atoms with Crippen LogP contribution in [-0.4, -0.2) is 17.7 Å². The zero-order chi connectivity index (χ0) is 15.4. The third-order valence-corrected chi connectivity index (χ3v) is 4.64. The monoisotopic (exact) mass is 372 g/mol. The van der Waals surface area contributed by atoms with Gasteiger partial charge in [-0.05, 0) is 30.9 Å². The number of ether oxygens (including phenoxy) is 1. The molecule has 21 heavy (non-hydrogen) atoms. The van der Waals surface area contributed by atoms with E-state index < -0.39 is 0 Å². The van der Waals surface area contributed by atoms with E-state index in [0.717, 1.165) is 22.9 Å². The number of unbranched alkanes of at least 4 members (excludes halogenated alkanes) is 1. The second kappa shape index (κ2) is 7.17. The standard InChI is InChI=1S/C14H17BrN2O3S/c1-3-4-7-16-14-12(17(18)19)13(21-2)10-8-9(15)5-6-11(10)20-14/h5-6,8,13,16H,3-4,7H2,1-2H3. The summed E-state index contributed by atoms with van der Waals surface area (Å²) in [5.74, 6) is 0.935. The molecule has 114 valence electrons. The van der Waals surface area contributed by atoms with Crippen molar-refractivity contribution in [2.45, 2.75) is 25.0 Å². The molecule has 0 spiro atoms. The lowest BCUT2D eigenvalue weighted by atomic mass is 10.1. The Kier molecular flexibility index (Phi) is 5.52. The summed E-state index contributed by atoms with van der Waals surface area (Å²) < 4.78 is 6.62. The minimum Gasteiger partial charge on any atom is -0.435 e. The molecular weight excluding hydrogens is 356 g/mol. The van der Waals surface area contributed by atoms with Gasteiger partial charge in [-0.25, -0.2) is 0 Å². The molecule has 1 atom stereocenters. The van der Waals surface area contributed by atoms with Crippen LogP contribution in [0.2, 0.25) is 0 Å². The summed E-state index contributed by atoms with van der Waals surface area (Å²) in [5.41, 5.74) is 0.911. The number of fused-ring (bicyclic) bond motifs is 1. The zero-order valence-corrected chi connectivity index (χ0v) is 14.3. The van der Waals surface area contributed by atoms with E-state index in [1.165, 1.54) is 11.8 Å². The molecule has 1 aliphatic rings. The average molecular weight is 373 g/mol. The quantitative estimate of drug-likeness (QED) is 0.462. The Hall–Kier alpha value is -1.21. The van der Waals surface area contributed by atoms with Gasteiger partial charge in [0.15, 0.2) is 0 Å². The number of rotatable bonds is 6. The van der Waals surface area contributed by atoms with Crippen LogP contribution in [0.5, 0.6) is 5.75 Å². The van der Waals surface area contributed by atoms with Crippen LogP contribution >= 0.6 is 27.7 Å². The van der Waals surface area contributed by atoms with Crippen molar-refractivity contribution >= 4 is 27.7 Å². The predicted molar refractivity (Wildman–Crippen MR) is 88.0 cm³/mol. The molecule has 0 aliphatic carbocycles. The third-order valence-electron chi connectivity index (χ3n) is 3.20. The summed E-state index contributed by atoms with van der Waals surface area (Å²) in [4.78, 5) is 11.1. The van der Waals surface area contributed by atoms with Crippen LogP contribution in [-0.2, 0) is 0 Å². The number of halogens is 1. The fourth-order valence-electron chi connectivity index (χ4n) is 2.17. The van der Waals surface area contributed by atoms with Crippen molar-refractivity contribution in [1.82, 2.24) is 5.32 Å². The molecule has 0 fully saturated rings. The van der Waals surface area contributed by atoms with Crippen LogP contribution in [0, 0.1) is 10.1 Å². The van der Waals surface area contributed by atoms with Crippen LogP contribution in [0.4, 0.5) is 0 Å². The maximum Gasteiger partial charge on any atom is 0.323 e. The molecule has 1 N–H and O–H groups in total. The van der Waals surface area contributed by atoms with E-state index in [1.807, 2.05) is 24.5 Å². The van der Waals surface area contributed by atoms with E-state index in [0.29, 0.717) is 12.3 Å². The Morgan fingerprint density at radius 3 is 2.90 bits per heavy atom. The molecule has 0 saturated heterocycles. The van der Waals surface area contributed by atoms with Crippen molar-refractivity contribution < 1.29 is 9.66 Å². The first-order valence-electron chi connectivity index (χ1n) is 6.71. The van der Waals surface area contributed by atoms with Gasteiger partial charge in [0.2, 0.25) is 0 Å². The number of hydrogen-bond acceptors (Lipinski definition) is 5. The number of nitrogens with zero attached hydrogens (tertiary/aromatic N) is 1. The van der Waals surface area contributed by atoms with Gasteiger partial charge in [0.05, 0.1) is 4.92 Å². The molecule has 0 amide bonds. The minimum absolute atomic E-state index is 0.0872. The molecule has 1 aliphatic heterocycles. The molecule has 1 aromatic carbocycles. The van der Waals surface area contributed by atoms with Gasteiger partial charge in [0.25, 0.3) is 5.88 Å². The van der Waals surface area contributed by atoms with Crippen molar-refractivity contribution in [1.29, 1.82) is 0 Å². The molecule has 5 nitrogen and oxygen atoms in total. The first-order valence-corrected chi connectivity index (χ1v) is 8.79. The second-order valence-corrected chi connectivity index (χ2v) is 6.51. The lowest BCUT2D eigenvalue weighted by molar-refractivity contribution is -0.431. The zero-order valence-electron chi connectivity index (χ0n) is 11.9. The van der Waals surface area contributed by atoms with Crippen LogP contribution in [0.25, 0.3) is 0 Å². The van der Waals surface area contributed by atoms with E-state index in [-0.39, 0.29) is 21.8 Å². The number of nitrogens with one attached hydrogen (secondary N) is 1. The number of nitro groups is 1. The largest absolute Gasteiger partial charge is 0.435 e. The Balaban J connectivity index is 2.41. The summed E-state index contributed by atoms with van der Waals surface area (Å²) >= 11 is 4.84. The lowest BCUT2D eigenvalue weighted by Gasteiger charge is -2.25. The van der Waals surface area contributed by atoms with Gasteiger partial charge in [0, 0.05) is 16.6 Å². The van der Waals surface area contributed by atoms with Crippen molar-refractivity contribution in [3.8, 4) is 5.75 Å². The highest BCUT2D eigenvalue weighted by Gasteiger charge is 2.38. The Morgan fingerprint density at radius 2 is 2.29 bits per heavy atom. The molecule has 7 heteroatoms. The lowest BCUT2D eigenvalue weighted by Crippen LogP contribution is -2.28. The average Bonchev–Trinajstić information content (AvgIpc) is 2.46. The molecule has 0 saturated carbocycles. The van der Waals surface area contributed by atoms with E-state index >= 15 is 0 Å². The molecule has 2 rings (SSSR count). The highest BCUT2D eigenvalue weighted by molar-refractivity contribution is 9.10. The SMILES string of the molecule is CCCCNC1=C([N+](=O)[O-])C(SC)c2cc(Br)ccc2O1. The Bertz CT molecular complexity index is 577. The van der Waals surface area contributed by atoms with E-state index in [9.17, 15) is 10.1 Å². The van der Waals surface area contributed by atoms with Crippen LogP contribution in [0.15, 0.2) is 34.3 Å². The number of thioether (sulfide) groups is 1. The highest BCUT2D eigenvalue weighted by atomic mass is 79.9. The van der Waals surface area contributed by atoms with Gasteiger partial charge in [-0.2, -0.15) is 0 Å². The number of benzene rings is 1. The van der Waals surface area contributed by atoms with Crippen LogP contribution in [0.1, 0.15) is 30.6 Å². The van der Waals surface area contributed by atoms with Crippen molar-refractivity contribution in [2.24, 2.45) is 0 Å². The van der Waals surface area contributed by atoms with E-state index in [1.54, 1.807) is 0 Å². The van der Waals surface area contributed by atoms with Gasteiger partial charge in [0.1, 0.15) is 11.0 Å². The Morgan fingerprint density at radius 1 is 1.52 bits per heavy atom. The molecular formula is C14H17BrN2O3S. The van der Waals surface area contributed by atoms with Crippen molar-refractivity contribution in [3.05, 3.63) is 49.9 Å². The van der Waals surface area contributed by atoms with Crippen molar-refractivity contribution in [2.75, 3.05) is 12.8 Å². The summed E-state index contributed by atoms with van der Waals surface area (Å²) in [6.07, 6.45) is 3.83. The molecule has 0 radical (unpaired) electrons. The van der Waals surface area contributed by atoms with Crippen LogP contribution in [0.3, 0.4) is 0 Å². The fraction of sp³-hybridized carbons (Fsp3) is 0.429. The van der Waals surface area contributed by atoms with Gasteiger partial charge in [-0.1, -0.05) is 29.3 Å². The summed E-state index contributed by atoms with van der Waals surface area (Å²) in [6.45, 7) is 2.74. The maximum atomic E-state index is 11.5. The van der Waals surface area contributed by atoms with Gasteiger partial charge >= 0.3 is 5.70 Å². The summed E-state index contributed by atoms with van der Waals surface area (Å²) in [5, 5.41) is 14.2. The second-order valence-electron chi connectivity index (χ2n) is 4.65. The van der Waals surface area contributed by atoms with Crippen LogP contribution < -0.4 is 10.1 Å². The molecule has 1 aromatic rings. The number of hydrogen-bond donors (Lipinski definition) is 1. The maximum absolute atomic E-state index is 11.5. The first kappa shape index (κ1) is 16.2. The minimum atomic E-state index is -0.348. The van der Waals surface area contributed by atoms with Gasteiger partial charge in [-0.3, -0.25) is 10.1 Å². The van der Waals surface area contributed by atoms with Crippen molar-refractivity contribution in [3.63, 3.8) is 0 Å². The van der Waals surface area contributed by atoms with Gasteiger partial charge < -0.3 is 10.1 Å². The molecule has 1 heterocycles. The third kappa shape index (κ3) is 3.52. The first-order chi connectivity index (χ1) is 10.1. The molecule has 0 bridgehead atoms. The topological polar surface area (TPSA) is 64.4 Å². The van der Waals surface area contributed by atoms with Gasteiger partial charge in [-0.15, -0.1) is 11.8 Å². The molecule has 0 aromatic heterocycles. The molecule has 1 unspecified atom stereocenters.